The third-order valence-corrected chi connectivity index (χ3v) is 6.65. The molecule has 12 heteroatoms. The smallest absolute Gasteiger partial charge is 0.319 e. The molecule has 1 unspecified atom stereocenters. The van der Waals surface area contributed by atoms with E-state index in [9.17, 15) is 27.4 Å². The van der Waals surface area contributed by atoms with E-state index in [1.807, 2.05) is 6.07 Å². The highest BCUT2D eigenvalue weighted by Gasteiger charge is 2.22. The number of amides is 4. The zero-order valence-electron chi connectivity index (χ0n) is 20.7. The third kappa shape index (κ3) is 8.05. The number of nitrogens with zero attached hydrogens (tertiary/aromatic N) is 1. The molecule has 4 amide bonds. The van der Waals surface area contributed by atoms with Crippen molar-refractivity contribution in [1.82, 2.24) is 5.32 Å². The van der Waals surface area contributed by atoms with Gasteiger partial charge in [-0.05, 0) is 48.9 Å². The quantitative estimate of drug-likeness (QED) is 0.287. The second-order valence-corrected chi connectivity index (χ2v) is 9.92. The molecular weight excluding hydrogens is 512 g/mol. The SMILES string of the molecule is COc1cccc(N(CC(=O)Nc2ccccc2)C(=O)CNC(=O)Nc2cccc(C(C)S(=O)(=O)O)c2)c1. The fraction of sp³-hybridized carbons (Fsp3) is 0.192. The predicted octanol–water partition coefficient (Wildman–Crippen LogP) is 3.44. The molecule has 3 aromatic rings. The number of nitrogens with one attached hydrogen (secondary N) is 3. The molecule has 4 N–H and O–H groups in total. The molecule has 0 radical (unpaired) electrons. The first-order valence-corrected chi connectivity index (χ1v) is 13.0. The molecule has 0 fully saturated rings. The maximum Gasteiger partial charge on any atom is 0.319 e. The molecule has 0 aliphatic carbocycles. The first-order valence-electron chi connectivity index (χ1n) is 11.5. The van der Waals surface area contributed by atoms with Crippen LogP contribution in [-0.2, 0) is 19.7 Å². The van der Waals surface area contributed by atoms with E-state index in [2.05, 4.69) is 16.0 Å². The summed E-state index contributed by atoms with van der Waals surface area (Å²) in [5.41, 5.74) is 1.50. The van der Waals surface area contributed by atoms with E-state index in [4.69, 9.17) is 4.74 Å². The number of carbonyl (C=O) groups excluding carboxylic acids is 3. The lowest BCUT2D eigenvalue weighted by Gasteiger charge is -2.23. The lowest BCUT2D eigenvalue weighted by molar-refractivity contribution is -0.121. The van der Waals surface area contributed by atoms with Gasteiger partial charge in [-0.25, -0.2) is 4.79 Å². The van der Waals surface area contributed by atoms with E-state index in [0.29, 0.717) is 17.1 Å². The number of urea groups is 1. The van der Waals surface area contributed by atoms with Crippen LogP contribution in [0.15, 0.2) is 78.9 Å². The Bertz CT molecular complexity index is 1400. The van der Waals surface area contributed by atoms with Gasteiger partial charge in [-0.1, -0.05) is 36.4 Å². The molecule has 11 nitrogen and oxygen atoms in total. The Hall–Kier alpha value is -4.42. The van der Waals surface area contributed by atoms with Crippen LogP contribution < -0.4 is 25.6 Å². The first kappa shape index (κ1) is 28.2. The van der Waals surface area contributed by atoms with E-state index in [-0.39, 0.29) is 17.8 Å². The zero-order chi connectivity index (χ0) is 27.7. The van der Waals surface area contributed by atoms with Crippen LogP contribution in [0.2, 0.25) is 0 Å². The number of carbonyl (C=O) groups is 3. The minimum Gasteiger partial charge on any atom is -0.497 e. The topological polar surface area (TPSA) is 154 Å². The van der Waals surface area contributed by atoms with E-state index in [1.165, 1.54) is 43.2 Å². The summed E-state index contributed by atoms with van der Waals surface area (Å²) in [6, 6.07) is 20.6. The Morgan fingerprint density at radius 1 is 0.921 bits per heavy atom. The fourth-order valence-corrected chi connectivity index (χ4v) is 3.93. The average molecular weight is 541 g/mol. The van der Waals surface area contributed by atoms with Crippen LogP contribution in [0.25, 0.3) is 0 Å². The highest BCUT2D eigenvalue weighted by molar-refractivity contribution is 7.86. The van der Waals surface area contributed by atoms with Crippen LogP contribution in [-0.4, -0.2) is 51.0 Å². The molecular formula is C26H28N4O7S. The maximum atomic E-state index is 13.1. The average Bonchev–Trinajstić information content (AvgIpc) is 2.90. The molecule has 0 bridgehead atoms. The number of anilines is 3. The molecule has 0 aliphatic heterocycles. The predicted molar refractivity (Wildman–Crippen MR) is 144 cm³/mol. The van der Waals surface area contributed by atoms with Crippen molar-refractivity contribution in [2.45, 2.75) is 12.2 Å². The number of ether oxygens (including phenoxy) is 1. The van der Waals surface area contributed by atoms with E-state index in [0.717, 1.165) is 0 Å². The maximum absolute atomic E-state index is 13.1. The lowest BCUT2D eigenvalue weighted by Crippen LogP contribution is -2.44. The summed E-state index contributed by atoms with van der Waals surface area (Å²) in [5.74, 6) is -0.527. The molecule has 1 atom stereocenters. The van der Waals surface area contributed by atoms with Crippen molar-refractivity contribution in [2.75, 3.05) is 35.7 Å². The van der Waals surface area contributed by atoms with Gasteiger partial charge < -0.3 is 25.6 Å². The second kappa shape index (κ2) is 12.7. The number of para-hydroxylation sites is 1. The summed E-state index contributed by atoms with van der Waals surface area (Å²) in [6.45, 7) is 0.552. The molecule has 3 aromatic carbocycles. The summed E-state index contributed by atoms with van der Waals surface area (Å²) in [4.78, 5) is 39.5. The first-order chi connectivity index (χ1) is 18.1. The summed E-state index contributed by atoms with van der Waals surface area (Å²) >= 11 is 0. The Balaban J connectivity index is 1.68. The van der Waals surface area contributed by atoms with Gasteiger partial charge in [0.05, 0.1) is 13.7 Å². The zero-order valence-corrected chi connectivity index (χ0v) is 21.6. The minimum atomic E-state index is -4.31. The van der Waals surface area contributed by atoms with Gasteiger partial charge in [0, 0.05) is 23.1 Å². The van der Waals surface area contributed by atoms with Gasteiger partial charge in [-0.15, -0.1) is 0 Å². The normalized spacial score (nSPS) is 11.7. The van der Waals surface area contributed by atoms with Crippen molar-refractivity contribution in [3.8, 4) is 5.75 Å². The van der Waals surface area contributed by atoms with Gasteiger partial charge >= 0.3 is 6.03 Å². The van der Waals surface area contributed by atoms with Gasteiger partial charge in [0.2, 0.25) is 11.8 Å². The largest absolute Gasteiger partial charge is 0.497 e. The molecule has 0 saturated carbocycles. The highest BCUT2D eigenvalue weighted by Crippen LogP contribution is 2.24. The van der Waals surface area contributed by atoms with Crippen LogP contribution in [0.3, 0.4) is 0 Å². The highest BCUT2D eigenvalue weighted by atomic mass is 32.2. The van der Waals surface area contributed by atoms with Crippen molar-refractivity contribution in [3.63, 3.8) is 0 Å². The Morgan fingerprint density at radius 2 is 1.61 bits per heavy atom. The number of methoxy groups -OCH3 is 1. The Labute approximate surface area is 220 Å². The standard InChI is InChI=1S/C26H28N4O7S/c1-18(38(34,35)36)19-8-6-11-21(14-19)29-26(33)27-16-25(32)30(22-12-7-13-23(15-22)37-2)17-24(31)28-20-9-4-3-5-10-20/h3-15,18H,16-17H2,1-2H3,(H,28,31)(H2,27,29,33)(H,34,35,36). The van der Waals surface area contributed by atoms with Crippen molar-refractivity contribution < 1.29 is 32.1 Å². The Morgan fingerprint density at radius 3 is 2.29 bits per heavy atom. The van der Waals surface area contributed by atoms with Crippen LogP contribution in [0.4, 0.5) is 21.9 Å². The molecule has 0 aliphatic rings. The van der Waals surface area contributed by atoms with Crippen LogP contribution in [0.5, 0.6) is 5.75 Å². The summed E-state index contributed by atoms with van der Waals surface area (Å²) in [7, 11) is -2.84. The fourth-order valence-electron chi connectivity index (χ4n) is 3.44. The van der Waals surface area contributed by atoms with Crippen LogP contribution in [0, 0.1) is 0 Å². The van der Waals surface area contributed by atoms with Crippen molar-refractivity contribution in [3.05, 3.63) is 84.4 Å². The van der Waals surface area contributed by atoms with E-state index < -0.39 is 39.8 Å². The number of benzene rings is 3. The van der Waals surface area contributed by atoms with Crippen LogP contribution >= 0.6 is 0 Å². The van der Waals surface area contributed by atoms with Gasteiger partial charge in [0.1, 0.15) is 17.5 Å². The molecule has 0 saturated heterocycles. The Kier molecular flexibility index (Phi) is 9.41. The molecule has 0 heterocycles. The van der Waals surface area contributed by atoms with Crippen molar-refractivity contribution in [2.24, 2.45) is 0 Å². The van der Waals surface area contributed by atoms with Gasteiger partial charge in [-0.3, -0.25) is 14.1 Å². The lowest BCUT2D eigenvalue weighted by atomic mass is 10.1. The van der Waals surface area contributed by atoms with Gasteiger partial charge in [0.25, 0.3) is 10.1 Å². The molecule has 0 spiro atoms. The number of rotatable bonds is 10. The third-order valence-electron chi connectivity index (χ3n) is 5.49. The summed E-state index contributed by atoms with van der Waals surface area (Å²) in [6.07, 6.45) is 0. The van der Waals surface area contributed by atoms with Crippen LogP contribution in [0.1, 0.15) is 17.7 Å². The molecule has 3 rings (SSSR count). The van der Waals surface area contributed by atoms with Crippen molar-refractivity contribution in [1.29, 1.82) is 0 Å². The minimum absolute atomic E-state index is 0.259. The summed E-state index contributed by atoms with van der Waals surface area (Å²) < 4.78 is 37.3. The van der Waals surface area contributed by atoms with E-state index in [1.54, 1.807) is 48.5 Å². The molecule has 0 aromatic heterocycles. The number of hydrogen-bond donors (Lipinski definition) is 4. The summed E-state index contributed by atoms with van der Waals surface area (Å²) in [5, 5.41) is 6.49. The van der Waals surface area contributed by atoms with Gasteiger partial charge in [-0.2, -0.15) is 8.42 Å². The molecule has 200 valence electrons. The van der Waals surface area contributed by atoms with E-state index >= 15 is 0 Å². The monoisotopic (exact) mass is 540 g/mol. The number of hydrogen-bond acceptors (Lipinski definition) is 6. The second-order valence-electron chi connectivity index (χ2n) is 8.19. The van der Waals surface area contributed by atoms with Gasteiger partial charge in [0.15, 0.2) is 0 Å². The van der Waals surface area contributed by atoms with Crippen molar-refractivity contribution >= 4 is 45.0 Å². The molecule has 38 heavy (non-hydrogen) atoms.